The molecule has 10 aliphatic heterocycles. The minimum atomic E-state index is -0.137. The van der Waals surface area contributed by atoms with Gasteiger partial charge in [0.15, 0.2) is 0 Å². The third-order valence-corrected chi connectivity index (χ3v) is 27.6. The van der Waals surface area contributed by atoms with Crippen LogP contribution in [0.3, 0.4) is 0 Å². The smallest absolute Gasteiger partial charge is 0.128 e. The van der Waals surface area contributed by atoms with Gasteiger partial charge in [-0.25, -0.2) is 8.78 Å². The molecule has 0 saturated carbocycles. The van der Waals surface area contributed by atoms with Crippen molar-refractivity contribution < 1.29 is 32.5 Å². The molecule has 0 aliphatic carbocycles. The first-order chi connectivity index (χ1) is 55.9. The van der Waals surface area contributed by atoms with E-state index in [2.05, 4.69) is 251 Å². The van der Waals surface area contributed by atoms with Gasteiger partial charge in [0.05, 0.1) is 60.7 Å². The molecule has 20 rings (SSSR count). The SMILES string of the molecule is CC(C)(C)c1ccc2c(c1)[C@H]1OCCC[C@H]1[C@@H](c1ccccc1)N2.CC(C)c1ccc2c(c1)C1OCCCC1C(c1ccccc1F)N2.CC(C)c1ccc2c(c1)[C@@H]1OCCC[C@@H]1[C@@H](c1ccccc1F)N2.CC(C)c1ccc2c(c1)[C@H]1OCCC[C@H]1[C@H](c1ccsc1)N2.CCc1ccc2c(c1)[C@H]1OCCC[C@H]1[C@H](c1ccsc1)N2. The van der Waals surface area contributed by atoms with Crippen molar-refractivity contribution >= 4 is 51.1 Å². The second-order valence-electron chi connectivity index (χ2n) is 35.5. The van der Waals surface area contributed by atoms with Gasteiger partial charge in [-0.2, -0.15) is 22.7 Å². The molecule has 14 heteroatoms. The molecule has 0 spiro atoms. The first kappa shape index (κ1) is 80.6. The fourth-order valence-corrected chi connectivity index (χ4v) is 21.2. The molecule has 15 atom stereocenters. The number of rotatable bonds is 9. The van der Waals surface area contributed by atoms with E-state index in [0.29, 0.717) is 53.6 Å². The maximum atomic E-state index is 14.4. The summed E-state index contributed by atoms with van der Waals surface area (Å²) in [6.07, 6.45) is 13.3. The Bertz CT molecular complexity index is 4760. The molecule has 5 N–H and O–H groups in total. The fourth-order valence-electron chi connectivity index (χ4n) is 19.8. The lowest BCUT2D eigenvalue weighted by Gasteiger charge is -2.44. The number of halogens is 2. The monoisotopic (exact) mass is 1580 g/mol. The van der Waals surface area contributed by atoms with Gasteiger partial charge in [-0.3, -0.25) is 0 Å². The van der Waals surface area contributed by atoms with Gasteiger partial charge >= 0.3 is 0 Å². The van der Waals surface area contributed by atoms with E-state index in [1.807, 2.05) is 24.3 Å². The van der Waals surface area contributed by atoms with Gasteiger partial charge in [0.1, 0.15) is 11.6 Å². The largest absolute Gasteiger partial charge is 0.378 e. The molecule has 5 saturated heterocycles. The summed E-state index contributed by atoms with van der Waals surface area (Å²) in [6.45, 7) is 26.6. The van der Waals surface area contributed by atoms with Crippen molar-refractivity contribution in [2.75, 3.05) is 59.6 Å². The molecule has 0 amide bonds. The number of anilines is 5. The van der Waals surface area contributed by atoms with Crippen molar-refractivity contribution in [3.05, 3.63) is 299 Å². The van der Waals surface area contributed by atoms with E-state index in [1.54, 1.807) is 46.9 Å². The quantitative estimate of drug-likeness (QED) is 0.0959. The molecule has 2 aromatic heterocycles. The van der Waals surface area contributed by atoms with Crippen LogP contribution >= 0.6 is 22.7 Å². The molecular weight excluding hydrogens is 1470 g/mol. The topological polar surface area (TPSA) is 106 Å². The molecule has 0 bridgehead atoms. The first-order valence-electron chi connectivity index (χ1n) is 43.1. The van der Waals surface area contributed by atoms with E-state index in [4.69, 9.17) is 23.7 Å². The number of aryl methyl sites for hydroxylation is 1. The highest BCUT2D eigenvalue weighted by Gasteiger charge is 2.46. The van der Waals surface area contributed by atoms with Crippen LogP contribution in [0.4, 0.5) is 37.2 Å². The summed E-state index contributed by atoms with van der Waals surface area (Å²) in [5, 5.41) is 27.5. The Kier molecular flexibility index (Phi) is 25.2. The van der Waals surface area contributed by atoms with Crippen LogP contribution in [0.2, 0.25) is 0 Å². The van der Waals surface area contributed by atoms with Gasteiger partial charge in [0, 0.05) is 130 Å². The lowest BCUT2D eigenvalue weighted by molar-refractivity contribution is -0.0385. The van der Waals surface area contributed by atoms with Gasteiger partial charge in [-0.1, -0.05) is 197 Å². The molecule has 10 aliphatic rings. The Hall–Kier alpha value is -8.18. The van der Waals surface area contributed by atoms with Crippen LogP contribution in [0.5, 0.6) is 0 Å². The zero-order chi connectivity index (χ0) is 79.4. The summed E-state index contributed by atoms with van der Waals surface area (Å²) >= 11 is 3.56. The molecule has 8 aromatic carbocycles. The van der Waals surface area contributed by atoms with E-state index in [1.165, 1.54) is 121 Å². The highest BCUT2D eigenvalue weighted by Crippen LogP contribution is 2.56. The van der Waals surface area contributed by atoms with Crippen molar-refractivity contribution in [3.63, 3.8) is 0 Å². The zero-order valence-electron chi connectivity index (χ0n) is 68.9. The lowest BCUT2D eigenvalue weighted by Crippen LogP contribution is -2.36. The van der Waals surface area contributed by atoms with Crippen LogP contribution in [0.25, 0.3) is 0 Å². The van der Waals surface area contributed by atoms with Gasteiger partial charge < -0.3 is 50.3 Å². The molecule has 5 fully saturated rings. The van der Waals surface area contributed by atoms with E-state index in [0.717, 1.165) is 94.1 Å². The normalized spacial score (nSPS) is 26.4. The Morgan fingerprint density at radius 1 is 0.348 bits per heavy atom. The summed E-state index contributed by atoms with van der Waals surface area (Å²) < 4.78 is 59.9. The maximum absolute atomic E-state index is 14.4. The van der Waals surface area contributed by atoms with Crippen molar-refractivity contribution in [1.29, 1.82) is 0 Å². The van der Waals surface area contributed by atoms with Gasteiger partial charge in [0.25, 0.3) is 0 Å². The van der Waals surface area contributed by atoms with Gasteiger partial charge in [0.2, 0.25) is 0 Å². The number of hydrogen-bond donors (Lipinski definition) is 5. The first-order valence-corrected chi connectivity index (χ1v) is 45.0. The van der Waals surface area contributed by atoms with E-state index < -0.39 is 0 Å². The number of nitrogens with one attached hydrogen (secondary N) is 5. The summed E-state index contributed by atoms with van der Waals surface area (Å²) in [4.78, 5) is 0. The van der Waals surface area contributed by atoms with E-state index in [9.17, 15) is 8.78 Å². The van der Waals surface area contributed by atoms with Crippen LogP contribution in [0.1, 0.15) is 295 Å². The molecule has 10 aromatic rings. The van der Waals surface area contributed by atoms with Crippen LogP contribution in [0, 0.1) is 41.2 Å². The maximum Gasteiger partial charge on any atom is 0.128 e. The summed E-state index contributed by atoms with van der Waals surface area (Å²) in [7, 11) is 0. The third kappa shape index (κ3) is 17.4. The van der Waals surface area contributed by atoms with Crippen molar-refractivity contribution in [2.24, 2.45) is 29.6 Å². The molecule has 604 valence electrons. The van der Waals surface area contributed by atoms with Crippen molar-refractivity contribution in [1.82, 2.24) is 0 Å². The number of fused-ring (bicyclic) bond motifs is 15. The Balaban J connectivity index is 0.000000108. The molecule has 12 heterocycles. The van der Waals surface area contributed by atoms with Gasteiger partial charge in [-0.15, -0.1) is 0 Å². The standard InChI is InChI=1S/C22H27NO.2C21H24FNO.C19H23NOS.C18H21NOS/c1-22(2,3)16-11-12-19-18(14-16)21-17(10-7-13-24-21)20(23-19)15-8-5-4-6-9-15;2*1-13(2)14-9-10-19-17(12-14)21-16(7-5-11-24-21)20(23-19)15-6-3-4-8-18(15)22;1-12(2)13-5-6-17-16(10-13)19-15(4-3-8-21-19)18(20-17)14-7-9-22-11-14;1-2-12-5-6-16-15(10-12)18-14(4-3-8-20-18)17(19-16)13-7-9-21-11-13/h4-6,8-9,11-12,14,17,20-21,23H,7,10,13H2,1-3H3;2*3-4,6,8-10,12-13,16,20-21,23H,5,7,11H2,1-2H3;5-7,9-12,15,18-20H,3-4,8H2,1-2H3;5-7,9-11,14,17-19H,2-4,8H2,1H3/t17-,20+,21-;16-,20-,21-;;15-,18-,19-;14-,17-,18-/m01.00/s1. The van der Waals surface area contributed by atoms with E-state index in [-0.39, 0.29) is 71.5 Å². The minimum Gasteiger partial charge on any atom is -0.378 e. The second-order valence-corrected chi connectivity index (χ2v) is 37.1. The third-order valence-electron chi connectivity index (χ3n) is 26.2. The Morgan fingerprint density at radius 3 is 1.02 bits per heavy atom. The average molecular weight is 1590 g/mol. The lowest BCUT2D eigenvalue weighted by atomic mass is 9.76. The molecule has 3 unspecified atom stereocenters. The van der Waals surface area contributed by atoms with Gasteiger partial charge in [-0.05, 0) is 214 Å². The van der Waals surface area contributed by atoms with Crippen LogP contribution in [-0.4, -0.2) is 33.0 Å². The number of ether oxygens (including phenoxy) is 5. The number of hydrogen-bond acceptors (Lipinski definition) is 12. The average Bonchev–Trinajstić information content (AvgIpc) is 1.52. The van der Waals surface area contributed by atoms with E-state index >= 15 is 0 Å². The number of benzene rings is 8. The Labute approximate surface area is 690 Å². The summed E-state index contributed by atoms with van der Waals surface area (Å²) in [5.74, 6) is 3.39. The van der Waals surface area contributed by atoms with Crippen molar-refractivity contribution in [2.45, 2.75) is 224 Å². The molecular formula is C101H119F2N5O5S2. The molecule has 115 heavy (non-hydrogen) atoms. The summed E-state index contributed by atoms with van der Waals surface area (Å²) in [5.41, 5.74) is 25.1. The Morgan fingerprint density at radius 2 is 0.670 bits per heavy atom. The second kappa shape index (κ2) is 36.0. The predicted molar refractivity (Wildman–Crippen MR) is 469 cm³/mol. The molecule has 10 nitrogen and oxygen atoms in total. The molecule has 0 radical (unpaired) electrons. The van der Waals surface area contributed by atoms with Crippen LogP contribution in [-0.2, 0) is 35.5 Å². The van der Waals surface area contributed by atoms with Crippen LogP contribution < -0.4 is 26.6 Å². The predicted octanol–water partition coefficient (Wildman–Crippen LogP) is 27.2. The zero-order valence-corrected chi connectivity index (χ0v) is 70.6. The highest BCUT2D eigenvalue weighted by molar-refractivity contribution is 7.08. The fraction of sp³-hybridized carbons (Fsp3) is 0.446. The highest BCUT2D eigenvalue weighted by atomic mass is 32.1. The van der Waals surface area contributed by atoms with Crippen LogP contribution in [0.15, 0.2) is 204 Å². The summed E-state index contributed by atoms with van der Waals surface area (Å²) in [6, 6.07) is 64.3. The minimum absolute atomic E-state index is 0.0334. The number of thiophene rings is 2. The van der Waals surface area contributed by atoms with Crippen molar-refractivity contribution in [3.8, 4) is 0 Å².